The van der Waals surface area contributed by atoms with Crippen LogP contribution in [-0.2, 0) is 4.79 Å². The zero-order chi connectivity index (χ0) is 23.3. The molecule has 0 saturated carbocycles. The highest BCUT2D eigenvalue weighted by molar-refractivity contribution is 7.80. The van der Waals surface area contributed by atoms with Crippen LogP contribution < -0.4 is 10.6 Å². The monoisotopic (exact) mass is 488 g/mol. The maximum Gasteiger partial charge on any atom is 0.250 e. The average molecular weight is 489 g/mol. The van der Waals surface area contributed by atoms with E-state index in [1.54, 1.807) is 36.4 Å². The van der Waals surface area contributed by atoms with E-state index < -0.39 is 5.91 Å². The van der Waals surface area contributed by atoms with Gasteiger partial charge in [-0.3, -0.25) is 10.1 Å². The van der Waals surface area contributed by atoms with E-state index in [2.05, 4.69) is 24.5 Å². The second kappa shape index (κ2) is 10.7. The largest absolute Gasteiger partial charge is 0.506 e. The van der Waals surface area contributed by atoms with Crippen molar-refractivity contribution in [3.8, 4) is 17.1 Å². The van der Waals surface area contributed by atoms with Crippen LogP contribution in [0.15, 0.2) is 59.0 Å². The SMILES string of the molecule is CCC(C)c1ccc(O)c(NC(=S)NC(=O)/C=C/c2ccc(-c3cc(Cl)cc(Cl)c3)o2)c1. The normalized spacial score (nSPS) is 12.0. The summed E-state index contributed by atoms with van der Waals surface area (Å²) in [5.74, 6) is 0.993. The molecule has 3 aromatic rings. The van der Waals surface area contributed by atoms with Crippen molar-refractivity contribution in [2.24, 2.45) is 0 Å². The number of hydrogen-bond donors (Lipinski definition) is 3. The van der Waals surface area contributed by atoms with Crippen LogP contribution in [0.2, 0.25) is 10.0 Å². The second-order valence-corrected chi connectivity index (χ2v) is 8.50. The van der Waals surface area contributed by atoms with E-state index in [-0.39, 0.29) is 10.9 Å². The molecule has 0 spiro atoms. The molecule has 1 atom stereocenters. The van der Waals surface area contributed by atoms with Crippen molar-refractivity contribution in [2.75, 3.05) is 5.32 Å². The van der Waals surface area contributed by atoms with E-state index in [1.807, 2.05) is 12.1 Å². The number of thiocarbonyl (C=S) groups is 1. The molecule has 1 amide bonds. The molecule has 0 radical (unpaired) electrons. The summed E-state index contributed by atoms with van der Waals surface area (Å²) >= 11 is 17.3. The van der Waals surface area contributed by atoms with Gasteiger partial charge in [0.1, 0.15) is 17.3 Å². The molecule has 3 rings (SSSR count). The average Bonchev–Trinajstić information content (AvgIpc) is 3.22. The first-order valence-electron chi connectivity index (χ1n) is 9.94. The molecule has 0 saturated heterocycles. The van der Waals surface area contributed by atoms with Gasteiger partial charge in [-0.2, -0.15) is 0 Å². The van der Waals surface area contributed by atoms with Gasteiger partial charge >= 0.3 is 0 Å². The standard InChI is InChI=1S/C24H22Cl2N2O3S/c1-3-14(2)15-4-7-21(29)20(12-15)27-24(32)28-23(30)9-6-19-5-8-22(31-19)16-10-17(25)13-18(26)11-16/h4-14,29H,3H2,1-2H3,(H2,27,28,30,32)/b9-6+. The molecule has 0 aliphatic rings. The molecule has 32 heavy (non-hydrogen) atoms. The van der Waals surface area contributed by atoms with Gasteiger partial charge in [0.2, 0.25) is 5.91 Å². The van der Waals surface area contributed by atoms with Gasteiger partial charge in [-0.15, -0.1) is 0 Å². The number of carbonyl (C=O) groups is 1. The third-order valence-electron chi connectivity index (χ3n) is 4.86. The first-order valence-corrected chi connectivity index (χ1v) is 11.1. The Morgan fingerprint density at radius 1 is 1.16 bits per heavy atom. The van der Waals surface area contributed by atoms with Gasteiger partial charge in [0, 0.05) is 21.7 Å². The summed E-state index contributed by atoms with van der Waals surface area (Å²) in [6.07, 6.45) is 3.79. The number of hydrogen-bond acceptors (Lipinski definition) is 4. The lowest BCUT2D eigenvalue weighted by molar-refractivity contribution is -0.115. The van der Waals surface area contributed by atoms with E-state index in [1.165, 1.54) is 12.2 Å². The smallest absolute Gasteiger partial charge is 0.250 e. The lowest BCUT2D eigenvalue weighted by atomic mass is 9.98. The Labute approximate surface area is 202 Å². The number of halogens is 2. The lowest BCUT2D eigenvalue weighted by Gasteiger charge is -2.14. The topological polar surface area (TPSA) is 74.5 Å². The van der Waals surface area contributed by atoms with Crippen molar-refractivity contribution in [2.45, 2.75) is 26.2 Å². The molecule has 5 nitrogen and oxygen atoms in total. The van der Waals surface area contributed by atoms with Crippen LogP contribution in [0.3, 0.4) is 0 Å². The van der Waals surface area contributed by atoms with Crippen LogP contribution in [0.1, 0.15) is 37.5 Å². The summed E-state index contributed by atoms with van der Waals surface area (Å²) in [4.78, 5) is 12.2. The summed E-state index contributed by atoms with van der Waals surface area (Å²) < 4.78 is 5.73. The molecule has 0 bridgehead atoms. The minimum Gasteiger partial charge on any atom is -0.506 e. The Morgan fingerprint density at radius 3 is 2.56 bits per heavy atom. The quantitative estimate of drug-likeness (QED) is 0.198. The summed E-state index contributed by atoms with van der Waals surface area (Å²) in [6.45, 7) is 4.19. The first kappa shape index (κ1) is 23.9. The third-order valence-corrected chi connectivity index (χ3v) is 5.50. The molecule has 1 unspecified atom stereocenters. The number of carbonyl (C=O) groups excluding carboxylic acids is 1. The molecule has 0 aliphatic heterocycles. The summed E-state index contributed by atoms with van der Waals surface area (Å²) in [6, 6.07) is 13.9. The zero-order valence-electron chi connectivity index (χ0n) is 17.5. The van der Waals surface area contributed by atoms with Crippen LogP contribution in [0.4, 0.5) is 5.69 Å². The van der Waals surface area contributed by atoms with E-state index in [4.69, 9.17) is 39.8 Å². The number of anilines is 1. The Balaban J connectivity index is 1.61. The van der Waals surface area contributed by atoms with Crippen LogP contribution >= 0.6 is 35.4 Å². The fraction of sp³-hybridized carbons (Fsp3) is 0.167. The van der Waals surface area contributed by atoms with Crippen molar-refractivity contribution in [3.63, 3.8) is 0 Å². The van der Waals surface area contributed by atoms with Crippen molar-refractivity contribution in [1.82, 2.24) is 5.32 Å². The minimum absolute atomic E-state index is 0.0495. The highest BCUT2D eigenvalue weighted by Crippen LogP contribution is 2.30. The van der Waals surface area contributed by atoms with Gasteiger partial charge in [0.05, 0.1) is 5.69 Å². The number of rotatable bonds is 6. The van der Waals surface area contributed by atoms with E-state index in [0.717, 1.165) is 17.5 Å². The van der Waals surface area contributed by atoms with Gasteiger partial charge in [-0.05, 0) is 78.7 Å². The van der Waals surface area contributed by atoms with E-state index in [9.17, 15) is 9.90 Å². The molecule has 0 aliphatic carbocycles. The molecule has 166 valence electrons. The summed E-state index contributed by atoms with van der Waals surface area (Å²) in [5.41, 5.74) is 2.24. The number of phenolic OH excluding ortho intramolecular Hbond substituents is 1. The van der Waals surface area contributed by atoms with Gasteiger partial charge in [-0.25, -0.2) is 0 Å². The Morgan fingerprint density at radius 2 is 1.88 bits per heavy atom. The third kappa shape index (κ3) is 6.36. The molecule has 3 N–H and O–H groups in total. The Kier molecular flexibility index (Phi) is 7.96. The molecular weight excluding hydrogens is 467 g/mol. The number of furan rings is 1. The maximum absolute atomic E-state index is 12.2. The molecule has 2 aromatic carbocycles. The second-order valence-electron chi connectivity index (χ2n) is 7.22. The minimum atomic E-state index is -0.441. The Hall–Kier alpha value is -2.80. The summed E-state index contributed by atoms with van der Waals surface area (Å²) in [7, 11) is 0. The molecule has 1 heterocycles. The maximum atomic E-state index is 12.2. The van der Waals surface area contributed by atoms with Crippen molar-refractivity contribution < 1.29 is 14.3 Å². The van der Waals surface area contributed by atoms with Crippen molar-refractivity contribution >= 4 is 58.2 Å². The number of amides is 1. The predicted molar refractivity (Wildman–Crippen MR) is 134 cm³/mol. The first-order chi connectivity index (χ1) is 15.2. The van der Waals surface area contributed by atoms with E-state index in [0.29, 0.717) is 33.2 Å². The number of benzene rings is 2. The fourth-order valence-corrected chi connectivity index (χ4v) is 3.69. The van der Waals surface area contributed by atoms with Gasteiger partial charge < -0.3 is 14.8 Å². The molecule has 1 aromatic heterocycles. The molecule has 0 fully saturated rings. The van der Waals surface area contributed by atoms with Crippen LogP contribution in [0, 0.1) is 0 Å². The highest BCUT2D eigenvalue weighted by Gasteiger charge is 2.10. The van der Waals surface area contributed by atoms with E-state index >= 15 is 0 Å². The molecule has 8 heteroatoms. The lowest BCUT2D eigenvalue weighted by Crippen LogP contribution is -2.32. The predicted octanol–water partition coefficient (Wildman–Crippen LogP) is 7.00. The molecular formula is C24H22Cl2N2O3S. The number of aromatic hydroxyl groups is 1. The van der Waals surface area contributed by atoms with Crippen LogP contribution in [-0.4, -0.2) is 16.1 Å². The fourth-order valence-electron chi connectivity index (χ4n) is 2.95. The highest BCUT2D eigenvalue weighted by atomic mass is 35.5. The van der Waals surface area contributed by atoms with Crippen LogP contribution in [0.5, 0.6) is 5.75 Å². The van der Waals surface area contributed by atoms with Gasteiger partial charge in [-0.1, -0.05) is 43.1 Å². The van der Waals surface area contributed by atoms with Gasteiger partial charge in [0.15, 0.2) is 5.11 Å². The number of nitrogens with one attached hydrogen (secondary N) is 2. The Bertz CT molecular complexity index is 1150. The summed E-state index contributed by atoms with van der Waals surface area (Å²) in [5, 5.41) is 16.6. The van der Waals surface area contributed by atoms with Crippen molar-refractivity contribution in [3.05, 3.63) is 76.0 Å². The zero-order valence-corrected chi connectivity index (χ0v) is 19.8. The van der Waals surface area contributed by atoms with Crippen LogP contribution in [0.25, 0.3) is 17.4 Å². The van der Waals surface area contributed by atoms with Crippen molar-refractivity contribution in [1.29, 1.82) is 0 Å². The number of phenols is 1. The van der Waals surface area contributed by atoms with Gasteiger partial charge in [0.25, 0.3) is 0 Å².